The largest absolute Gasteiger partial charge is 0.309 e. The highest BCUT2D eigenvalue weighted by molar-refractivity contribution is 7.19. The van der Waals surface area contributed by atoms with E-state index in [0.29, 0.717) is 12.1 Å². The Morgan fingerprint density at radius 2 is 2.00 bits per heavy atom. The topological polar surface area (TPSA) is 15.3 Å². The van der Waals surface area contributed by atoms with Gasteiger partial charge in [-0.2, -0.15) is 0 Å². The highest BCUT2D eigenvalue weighted by Crippen LogP contribution is 2.35. The van der Waals surface area contributed by atoms with Crippen molar-refractivity contribution in [1.82, 2.24) is 10.2 Å². The van der Waals surface area contributed by atoms with Crippen molar-refractivity contribution in [3.63, 3.8) is 0 Å². The molecule has 21 heavy (non-hydrogen) atoms. The van der Waals surface area contributed by atoms with E-state index in [1.54, 1.807) is 0 Å². The van der Waals surface area contributed by atoms with E-state index in [2.05, 4.69) is 48.3 Å². The maximum atomic E-state index is 6.50. The molecule has 0 bridgehead atoms. The summed E-state index contributed by atoms with van der Waals surface area (Å²) in [5.74, 6) is 0. The highest BCUT2D eigenvalue weighted by Gasteiger charge is 2.21. The smallest absolute Gasteiger partial charge is 0.0636 e. The second-order valence-electron chi connectivity index (χ2n) is 6.12. The first-order chi connectivity index (χ1) is 10.1. The Morgan fingerprint density at radius 3 is 2.67 bits per heavy atom. The molecule has 1 aromatic heterocycles. The van der Waals surface area contributed by atoms with Crippen LogP contribution in [0.5, 0.6) is 0 Å². The molecule has 0 unspecified atom stereocenters. The maximum Gasteiger partial charge on any atom is 0.0636 e. The number of halogens is 1. The lowest BCUT2D eigenvalue weighted by Crippen LogP contribution is -2.44. The summed E-state index contributed by atoms with van der Waals surface area (Å²) in [6.07, 6.45) is 2.47. The van der Waals surface area contributed by atoms with Crippen molar-refractivity contribution in [2.24, 2.45) is 0 Å². The fraction of sp³-hybridized carbons (Fsp3) is 0.529. The fourth-order valence-corrected chi connectivity index (χ4v) is 4.49. The van der Waals surface area contributed by atoms with E-state index in [-0.39, 0.29) is 0 Å². The van der Waals surface area contributed by atoms with Crippen molar-refractivity contribution < 1.29 is 0 Å². The van der Waals surface area contributed by atoms with Gasteiger partial charge in [0.15, 0.2) is 0 Å². The van der Waals surface area contributed by atoms with Crippen LogP contribution >= 0.6 is 22.9 Å². The van der Waals surface area contributed by atoms with E-state index in [1.807, 2.05) is 11.3 Å². The monoisotopic (exact) mass is 322 g/mol. The van der Waals surface area contributed by atoms with Crippen LogP contribution in [-0.2, 0) is 6.54 Å². The van der Waals surface area contributed by atoms with Gasteiger partial charge < -0.3 is 10.2 Å². The summed E-state index contributed by atoms with van der Waals surface area (Å²) in [5.41, 5.74) is 0. The Morgan fingerprint density at radius 1 is 1.29 bits per heavy atom. The van der Waals surface area contributed by atoms with Crippen LogP contribution in [0.25, 0.3) is 10.1 Å². The lowest BCUT2D eigenvalue weighted by Gasteiger charge is -2.34. The average molecular weight is 323 g/mol. The zero-order valence-corrected chi connectivity index (χ0v) is 14.3. The molecule has 1 fully saturated rings. The number of nitrogens with zero attached hydrogens (tertiary/aromatic N) is 1. The molecule has 3 rings (SSSR count). The van der Waals surface area contributed by atoms with Crippen molar-refractivity contribution in [1.29, 1.82) is 0 Å². The fourth-order valence-electron chi connectivity index (χ4n) is 3.04. The second-order valence-corrected chi connectivity index (χ2v) is 7.63. The van der Waals surface area contributed by atoms with Crippen molar-refractivity contribution in [2.75, 3.05) is 13.1 Å². The van der Waals surface area contributed by atoms with Crippen LogP contribution in [0.15, 0.2) is 24.3 Å². The van der Waals surface area contributed by atoms with Gasteiger partial charge in [0.2, 0.25) is 0 Å². The van der Waals surface area contributed by atoms with Crippen LogP contribution in [0.4, 0.5) is 0 Å². The molecule has 1 N–H and O–H groups in total. The molecule has 0 radical (unpaired) electrons. The second kappa shape index (κ2) is 6.66. The molecule has 0 amide bonds. The van der Waals surface area contributed by atoms with Gasteiger partial charge in [0.05, 0.1) is 5.02 Å². The summed E-state index contributed by atoms with van der Waals surface area (Å²) in [7, 11) is 0. The number of fused-ring (bicyclic) bond motifs is 1. The van der Waals surface area contributed by atoms with E-state index in [4.69, 9.17) is 11.6 Å². The van der Waals surface area contributed by atoms with Gasteiger partial charge in [-0.05, 0) is 45.8 Å². The number of hydrogen-bond acceptors (Lipinski definition) is 3. The molecule has 4 heteroatoms. The molecule has 0 spiro atoms. The minimum Gasteiger partial charge on any atom is -0.309 e. The predicted octanol–water partition coefficient (Wildman–Crippen LogP) is 4.52. The van der Waals surface area contributed by atoms with Crippen LogP contribution in [0.2, 0.25) is 5.02 Å². The van der Waals surface area contributed by atoms with Crippen molar-refractivity contribution in [2.45, 2.75) is 45.3 Å². The number of likely N-dealkylation sites (tertiary alicyclic amines) is 1. The third kappa shape index (κ3) is 3.42. The number of benzene rings is 1. The molecule has 1 saturated heterocycles. The summed E-state index contributed by atoms with van der Waals surface area (Å²) in [4.78, 5) is 3.83. The maximum absolute atomic E-state index is 6.50. The van der Waals surface area contributed by atoms with E-state index >= 15 is 0 Å². The molecule has 0 atom stereocenters. The molecular weight excluding hydrogens is 300 g/mol. The first-order valence-corrected chi connectivity index (χ1v) is 8.98. The zero-order chi connectivity index (χ0) is 14.8. The van der Waals surface area contributed by atoms with Crippen LogP contribution in [0.3, 0.4) is 0 Å². The molecule has 114 valence electrons. The Labute approximate surface area is 136 Å². The van der Waals surface area contributed by atoms with Gasteiger partial charge >= 0.3 is 0 Å². The normalized spacial score (nSPS) is 17.9. The standard InChI is InChI=1S/C17H23ClN2S/c1-12(2)20-9-7-13(8-10-20)19-11-16-17(18)14-5-3-4-6-15(14)21-16/h3-6,12-13,19H,7-11H2,1-2H3. The molecule has 0 saturated carbocycles. The first-order valence-electron chi connectivity index (χ1n) is 7.78. The van der Waals surface area contributed by atoms with Crippen LogP contribution in [-0.4, -0.2) is 30.1 Å². The number of hydrogen-bond donors (Lipinski definition) is 1. The molecule has 1 aromatic carbocycles. The molecule has 0 aliphatic carbocycles. The van der Waals surface area contributed by atoms with Crippen LogP contribution in [0, 0.1) is 0 Å². The predicted molar refractivity (Wildman–Crippen MR) is 93.4 cm³/mol. The van der Waals surface area contributed by atoms with E-state index < -0.39 is 0 Å². The Hall–Kier alpha value is -0.610. The van der Waals surface area contributed by atoms with Crippen LogP contribution < -0.4 is 5.32 Å². The number of rotatable bonds is 4. The van der Waals surface area contributed by atoms with Gasteiger partial charge in [0, 0.05) is 33.6 Å². The Balaban J connectivity index is 1.59. The lowest BCUT2D eigenvalue weighted by atomic mass is 10.0. The molecule has 1 aliphatic rings. The lowest BCUT2D eigenvalue weighted by molar-refractivity contribution is 0.161. The Bertz CT molecular complexity index is 600. The van der Waals surface area contributed by atoms with Crippen molar-refractivity contribution in [3.05, 3.63) is 34.2 Å². The molecule has 2 heterocycles. The molecule has 2 nitrogen and oxygen atoms in total. The number of piperidine rings is 1. The van der Waals surface area contributed by atoms with Crippen molar-refractivity contribution >= 4 is 33.0 Å². The number of nitrogens with one attached hydrogen (secondary N) is 1. The minimum absolute atomic E-state index is 0.626. The van der Waals surface area contributed by atoms with Crippen LogP contribution in [0.1, 0.15) is 31.6 Å². The van der Waals surface area contributed by atoms with Gasteiger partial charge in [-0.1, -0.05) is 29.8 Å². The van der Waals surface area contributed by atoms with E-state index in [9.17, 15) is 0 Å². The third-order valence-electron chi connectivity index (χ3n) is 4.41. The summed E-state index contributed by atoms with van der Waals surface area (Å²) < 4.78 is 1.29. The Kier molecular flexibility index (Phi) is 4.85. The highest BCUT2D eigenvalue weighted by atomic mass is 35.5. The first kappa shape index (κ1) is 15.3. The molecule has 2 aromatic rings. The quantitative estimate of drug-likeness (QED) is 0.890. The number of thiophene rings is 1. The SMILES string of the molecule is CC(C)N1CCC(NCc2sc3ccccc3c2Cl)CC1. The van der Waals surface area contributed by atoms with Gasteiger partial charge in [0.25, 0.3) is 0 Å². The summed E-state index contributed by atoms with van der Waals surface area (Å²) >= 11 is 8.31. The van der Waals surface area contributed by atoms with Gasteiger partial charge in [-0.15, -0.1) is 11.3 Å². The van der Waals surface area contributed by atoms with E-state index in [1.165, 1.54) is 40.9 Å². The summed E-state index contributed by atoms with van der Waals surface area (Å²) in [5, 5.41) is 5.82. The zero-order valence-electron chi connectivity index (χ0n) is 12.7. The van der Waals surface area contributed by atoms with Gasteiger partial charge in [-0.3, -0.25) is 0 Å². The van der Waals surface area contributed by atoms with Crippen molar-refractivity contribution in [3.8, 4) is 0 Å². The van der Waals surface area contributed by atoms with Gasteiger partial charge in [0.1, 0.15) is 0 Å². The average Bonchev–Trinajstić information content (AvgIpc) is 2.82. The van der Waals surface area contributed by atoms with Gasteiger partial charge in [-0.25, -0.2) is 0 Å². The molecule has 1 aliphatic heterocycles. The molecular formula is C17H23ClN2S. The minimum atomic E-state index is 0.626. The third-order valence-corrected chi connectivity index (χ3v) is 6.13. The summed E-state index contributed by atoms with van der Waals surface area (Å²) in [6, 6.07) is 9.69. The summed E-state index contributed by atoms with van der Waals surface area (Å²) in [6.45, 7) is 7.87. The van der Waals surface area contributed by atoms with E-state index in [0.717, 1.165) is 11.6 Å².